The van der Waals surface area contributed by atoms with Crippen LogP contribution in [0.15, 0.2) is 4.79 Å². The fraction of sp³-hybridized carbons (Fsp3) is 0.467. The zero-order valence-electron chi connectivity index (χ0n) is 13.3. The van der Waals surface area contributed by atoms with Gasteiger partial charge in [-0.2, -0.15) is 0 Å². The summed E-state index contributed by atoms with van der Waals surface area (Å²) >= 11 is 2.16. The highest BCUT2D eigenvalue weighted by atomic mass is 32.1. The molecule has 124 valence electrons. The van der Waals surface area contributed by atoms with E-state index in [4.69, 9.17) is 9.47 Å². The minimum Gasteiger partial charge on any atom is -0.465 e. The second-order valence-electron chi connectivity index (χ2n) is 4.74. The number of thiophene rings is 1. The first kappa shape index (κ1) is 17.6. The molecule has 2 heterocycles. The summed E-state index contributed by atoms with van der Waals surface area (Å²) in [6.07, 6.45) is 0. The van der Waals surface area contributed by atoms with Crippen molar-refractivity contribution < 1.29 is 19.1 Å². The second kappa shape index (κ2) is 7.18. The minimum absolute atomic E-state index is 0.112. The predicted octanol–water partition coefficient (Wildman–Crippen LogP) is 2.54. The van der Waals surface area contributed by atoms with Crippen molar-refractivity contribution >= 4 is 44.8 Å². The number of aryl methyl sites for hydroxylation is 2. The van der Waals surface area contributed by atoms with Crippen LogP contribution >= 0.6 is 22.7 Å². The highest BCUT2D eigenvalue weighted by Gasteiger charge is 2.34. The Morgan fingerprint density at radius 2 is 1.65 bits per heavy atom. The molecule has 0 aliphatic heterocycles. The van der Waals surface area contributed by atoms with Gasteiger partial charge in [-0.05, 0) is 33.3 Å². The Kier molecular flexibility index (Phi) is 5.48. The lowest BCUT2D eigenvalue weighted by Gasteiger charge is -2.13. The lowest BCUT2D eigenvalue weighted by molar-refractivity contribution is -0.156. The fourth-order valence-electron chi connectivity index (χ4n) is 2.07. The molecule has 8 heteroatoms. The topological polar surface area (TPSA) is 82.6 Å². The average Bonchev–Trinajstić information content (AvgIpc) is 2.75. The highest BCUT2D eigenvalue weighted by molar-refractivity contribution is 7.19. The first-order valence-corrected chi connectivity index (χ1v) is 8.77. The van der Waals surface area contributed by atoms with E-state index in [0.717, 1.165) is 21.8 Å². The maximum atomic E-state index is 12.4. The average molecular weight is 355 g/mol. The van der Waals surface area contributed by atoms with Crippen LogP contribution in [-0.4, -0.2) is 30.1 Å². The zero-order chi connectivity index (χ0) is 17.1. The lowest BCUT2D eigenvalue weighted by Crippen LogP contribution is -2.27. The van der Waals surface area contributed by atoms with Crippen molar-refractivity contribution in [2.24, 2.45) is 0 Å². The maximum absolute atomic E-state index is 12.4. The van der Waals surface area contributed by atoms with Crippen molar-refractivity contribution in [3.05, 3.63) is 25.0 Å². The molecule has 0 bridgehead atoms. The van der Waals surface area contributed by atoms with Crippen LogP contribution in [0.4, 0.5) is 0 Å². The van der Waals surface area contributed by atoms with Gasteiger partial charge in [0.2, 0.25) is 10.7 Å². The summed E-state index contributed by atoms with van der Waals surface area (Å²) in [6, 6.07) is 0. The van der Waals surface area contributed by atoms with Gasteiger partial charge in [0.25, 0.3) is 0 Å². The minimum atomic E-state index is -1.32. The molecule has 0 fully saturated rings. The number of carbonyl (C=O) groups excluding carboxylic acids is 2. The third-order valence-corrected chi connectivity index (χ3v) is 5.30. The summed E-state index contributed by atoms with van der Waals surface area (Å²) in [7, 11) is 0. The SMILES string of the molecule is CCOC(=O)C(C(=O)OCC)c1nc2sc(C)c(C)c2c(=O)s1. The van der Waals surface area contributed by atoms with Gasteiger partial charge in [-0.3, -0.25) is 14.4 Å². The first-order valence-electron chi connectivity index (χ1n) is 7.14. The van der Waals surface area contributed by atoms with Crippen molar-refractivity contribution in [2.75, 3.05) is 13.2 Å². The molecule has 0 unspecified atom stereocenters. The van der Waals surface area contributed by atoms with E-state index < -0.39 is 17.9 Å². The number of esters is 2. The van der Waals surface area contributed by atoms with Crippen LogP contribution in [0.5, 0.6) is 0 Å². The molecule has 0 aliphatic rings. The van der Waals surface area contributed by atoms with Gasteiger partial charge >= 0.3 is 11.9 Å². The number of nitrogens with zero attached hydrogens (tertiary/aromatic N) is 1. The Bertz CT molecular complexity index is 790. The van der Waals surface area contributed by atoms with E-state index in [1.54, 1.807) is 13.8 Å². The van der Waals surface area contributed by atoms with E-state index in [0.29, 0.717) is 10.2 Å². The maximum Gasteiger partial charge on any atom is 0.327 e. The summed E-state index contributed by atoms with van der Waals surface area (Å²) in [5.41, 5.74) is 0.883. The van der Waals surface area contributed by atoms with Crippen LogP contribution in [-0.2, 0) is 19.1 Å². The quantitative estimate of drug-likeness (QED) is 0.605. The van der Waals surface area contributed by atoms with E-state index in [1.807, 2.05) is 13.8 Å². The van der Waals surface area contributed by atoms with Crippen molar-refractivity contribution in [3.63, 3.8) is 0 Å². The molecule has 2 aromatic heterocycles. The molecule has 6 nitrogen and oxygen atoms in total. The monoisotopic (exact) mass is 355 g/mol. The standard InChI is InChI=1S/C15H17NO5S2/c1-5-20-13(17)10(14(18)21-6-2)12-16-11-9(15(19)23-12)7(3)8(4)22-11/h10H,5-6H2,1-4H3. The molecule has 0 saturated heterocycles. The van der Waals surface area contributed by atoms with E-state index >= 15 is 0 Å². The molecule has 0 saturated carbocycles. The van der Waals surface area contributed by atoms with E-state index in [-0.39, 0.29) is 23.0 Å². The van der Waals surface area contributed by atoms with Crippen molar-refractivity contribution in [3.8, 4) is 0 Å². The van der Waals surface area contributed by atoms with Crippen LogP contribution in [0.2, 0.25) is 0 Å². The van der Waals surface area contributed by atoms with Gasteiger partial charge in [-0.25, -0.2) is 4.98 Å². The number of rotatable bonds is 5. The summed E-state index contributed by atoms with van der Waals surface area (Å²) in [6.45, 7) is 7.31. The molecule has 2 rings (SSSR count). The van der Waals surface area contributed by atoms with E-state index in [1.165, 1.54) is 11.3 Å². The number of ether oxygens (including phenoxy) is 2. The molecule has 0 amide bonds. The van der Waals surface area contributed by atoms with Gasteiger partial charge < -0.3 is 9.47 Å². The summed E-state index contributed by atoms with van der Waals surface area (Å²) < 4.78 is 9.65. The van der Waals surface area contributed by atoms with Crippen LogP contribution in [0, 0.1) is 13.8 Å². The first-order chi connectivity index (χ1) is 10.9. The van der Waals surface area contributed by atoms with Crippen LogP contribution in [0.3, 0.4) is 0 Å². The summed E-state index contributed by atoms with van der Waals surface area (Å²) in [4.78, 5) is 42.5. The van der Waals surface area contributed by atoms with Crippen LogP contribution < -0.4 is 4.74 Å². The molecule has 0 aliphatic carbocycles. The molecular weight excluding hydrogens is 338 g/mol. The van der Waals surface area contributed by atoms with Crippen molar-refractivity contribution in [1.29, 1.82) is 0 Å². The smallest absolute Gasteiger partial charge is 0.327 e. The lowest BCUT2D eigenvalue weighted by atomic mass is 10.1. The molecule has 0 spiro atoms. The molecular formula is C15H17NO5S2. The Labute approximate surface area is 141 Å². The van der Waals surface area contributed by atoms with Gasteiger partial charge in [0.1, 0.15) is 9.84 Å². The molecule has 23 heavy (non-hydrogen) atoms. The summed E-state index contributed by atoms with van der Waals surface area (Å²) in [5.74, 6) is -2.82. The molecule has 0 atom stereocenters. The van der Waals surface area contributed by atoms with Gasteiger partial charge in [0, 0.05) is 4.88 Å². The second-order valence-corrected chi connectivity index (χ2v) is 6.94. The number of aromatic nitrogens is 1. The summed E-state index contributed by atoms with van der Waals surface area (Å²) in [5, 5.41) is 0.661. The Balaban J connectivity index is 2.58. The van der Waals surface area contributed by atoms with Gasteiger partial charge in [0.05, 0.1) is 18.6 Å². The number of hydrogen-bond acceptors (Lipinski definition) is 8. The van der Waals surface area contributed by atoms with Crippen molar-refractivity contribution in [2.45, 2.75) is 33.6 Å². The Hall–Kier alpha value is -1.80. The Morgan fingerprint density at radius 1 is 1.09 bits per heavy atom. The number of hydrogen-bond donors (Lipinski definition) is 0. The van der Waals surface area contributed by atoms with Gasteiger partial charge in [0.15, 0.2) is 0 Å². The fourth-order valence-corrected chi connectivity index (χ4v) is 4.22. The van der Waals surface area contributed by atoms with E-state index in [2.05, 4.69) is 4.98 Å². The molecule has 0 N–H and O–H groups in total. The molecule has 2 aromatic rings. The van der Waals surface area contributed by atoms with E-state index in [9.17, 15) is 14.4 Å². The largest absolute Gasteiger partial charge is 0.465 e. The third-order valence-electron chi connectivity index (χ3n) is 3.27. The van der Waals surface area contributed by atoms with Crippen molar-refractivity contribution in [1.82, 2.24) is 4.98 Å². The number of fused-ring (bicyclic) bond motifs is 1. The normalized spacial score (nSPS) is 11.0. The highest BCUT2D eigenvalue weighted by Crippen LogP contribution is 2.30. The predicted molar refractivity (Wildman–Crippen MR) is 89.2 cm³/mol. The molecule has 0 aromatic carbocycles. The zero-order valence-corrected chi connectivity index (χ0v) is 14.9. The molecule has 0 radical (unpaired) electrons. The third kappa shape index (κ3) is 3.42. The van der Waals surface area contributed by atoms with Crippen LogP contribution in [0.1, 0.15) is 35.2 Å². The van der Waals surface area contributed by atoms with Gasteiger partial charge in [-0.1, -0.05) is 11.3 Å². The number of carbonyl (C=O) groups is 2. The Morgan fingerprint density at radius 3 is 2.17 bits per heavy atom. The van der Waals surface area contributed by atoms with Crippen LogP contribution in [0.25, 0.3) is 10.2 Å². The van der Waals surface area contributed by atoms with Gasteiger partial charge in [-0.15, -0.1) is 11.3 Å².